The van der Waals surface area contributed by atoms with Gasteiger partial charge in [-0.25, -0.2) is 0 Å². The van der Waals surface area contributed by atoms with Crippen LogP contribution < -0.4 is 0 Å². The first-order chi connectivity index (χ1) is 17.2. The molecule has 2 amide bonds. The number of phenolic OH excluding ortho intramolecular Hbond substituents is 1. The third-order valence-corrected chi connectivity index (χ3v) is 8.30. The highest BCUT2D eigenvalue weighted by molar-refractivity contribution is 6.43. The van der Waals surface area contributed by atoms with E-state index in [1.807, 2.05) is 30.3 Å². The van der Waals surface area contributed by atoms with Crippen molar-refractivity contribution < 1.29 is 24.4 Å². The van der Waals surface area contributed by atoms with Gasteiger partial charge in [-0.2, -0.15) is 0 Å². The van der Waals surface area contributed by atoms with E-state index >= 15 is 0 Å². The van der Waals surface area contributed by atoms with Crippen LogP contribution in [0.25, 0.3) is 16.8 Å². The summed E-state index contributed by atoms with van der Waals surface area (Å²) < 4.78 is 6.09. The Morgan fingerprint density at radius 1 is 1.14 bits per heavy atom. The van der Waals surface area contributed by atoms with Crippen LogP contribution in [0.5, 0.6) is 5.75 Å². The normalized spacial score (nSPS) is 26.8. The zero-order valence-electron chi connectivity index (χ0n) is 21.4. The number of benzene rings is 2. The SMILES string of the molecule is C/C(=C\c1ccc(O)c2ccccc12)CC[C@H]1OB(O)C[C@H]2C1=C(C(C)C)C[C@H]1C(=O)N(C)C(=O)[C@H]12. The Kier molecular flexibility index (Phi) is 6.56. The van der Waals surface area contributed by atoms with Gasteiger partial charge in [0.05, 0.1) is 17.9 Å². The average Bonchev–Trinajstić information content (AvgIpc) is 3.07. The fraction of sp³-hybridized carbons (Fsp3) is 0.448. The number of amides is 2. The van der Waals surface area contributed by atoms with E-state index in [1.165, 1.54) is 16.0 Å². The topological polar surface area (TPSA) is 87.1 Å². The first kappa shape index (κ1) is 24.8. The van der Waals surface area contributed by atoms with Crippen LogP contribution in [0.1, 0.15) is 45.6 Å². The van der Waals surface area contributed by atoms with Crippen molar-refractivity contribution in [1.82, 2.24) is 4.90 Å². The van der Waals surface area contributed by atoms with Crippen LogP contribution in [0.15, 0.2) is 53.1 Å². The van der Waals surface area contributed by atoms with Crippen LogP contribution in [-0.4, -0.2) is 47.1 Å². The molecule has 2 aliphatic heterocycles. The molecule has 2 aromatic carbocycles. The van der Waals surface area contributed by atoms with Gasteiger partial charge in [0.15, 0.2) is 0 Å². The molecule has 4 atom stereocenters. The molecule has 2 N–H and O–H groups in total. The number of rotatable bonds is 5. The summed E-state index contributed by atoms with van der Waals surface area (Å²) in [5, 5.41) is 22.7. The van der Waals surface area contributed by atoms with Crippen molar-refractivity contribution in [2.75, 3.05) is 7.05 Å². The van der Waals surface area contributed by atoms with Gasteiger partial charge in [0, 0.05) is 12.4 Å². The molecule has 2 saturated heterocycles. The fourth-order valence-electron chi connectivity index (χ4n) is 6.54. The van der Waals surface area contributed by atoms with E-state index in [0.29, 0.717) is 19.2 Å². The molecule has 7 heteroatoms. The molecular formula is C29H34BNO5. The van der Waals surface area contributed by atoms with Crippen molar-refractivity contribution >= 4 is 35.8 Å². The lowest BCUT2D eigenvalue weighted by atomic mass is 9.57. The summed E-state index contributed by atoms with van der Waals surface area (Å²) in [5.74, 6) is -0.617. The lowest BCUT2D eigenvalue weighted by molar-refractivity contribution is -0.138. The third kappa shape index (κ3) is 4.18. The molecule has 2 fully saturated rings. The Hall–Kier alpha value is -2.90. The van der Waals surface area contributed by atoms with Crippen molar-refractivity contribution in [3.05, 3.63) is 58.7 Å². The van der Waals surface area contributed by atoms with E-state index < -0.39 is 13.0 Å². The molecule has 6 nitrogen and oxygen atoms in total. The lowest BCUT2D eigenvalue weighted by Crippen LogP contribution is -2.46. The Labute approximate surface area is 212 Å². The number of imide groups is 1. The summed E-state index contributed by atoms with van der Waals surface area (Å²) in [7, 11) is 0.626. The molecule has 0 saturated carbocycles. The maximum Gasteiger partial charge on any atom is 0.455 e. The van der Waals surface area contributed by atoms with Gasteiger partial charge in [-0.3, -0.25) is 14.5 Å². The maximum absolute atomic E-state index is 13.0. The van der Waals surface area contributed by atoms with Gasteiger partial charge < -0.3 is 14.8 Å². The predicted octanol–water partition coefficient (Wildman–Crippen LogP) is 4.81. The van der Waals surface area contributed by atoms with Crippen LogP contribution >= 0.6 is 0 Å². The summed E-state index contributed by atoms with van der Waals surface area (Å²) in [5.41, 5.74) is 4.55. The predicted molar refractivity (Wildman–Crippen MR) is 141 cm³/mol. The van der Waals surface area contributed by atoms with E-state index in [9.17, 15) is 19.7 Å². The average molecular weight is 487 g/mol. The van der Waals surface area contributed by atoms with Crippen molar-refractivity contribution in [3.63, 3.8) is 0 Å². The minimum absolute atomic E-state index is 0.0976. The van der Waals surface area contributed by atoms with Gasteiger partial charge in [0.2, 0.25) is 11.8 Å². The number of fused-ring (bicyclic) bond motifs is 4. The Balaban J connectivity index is 1.43. The van der Waals surface area contributed by atoms with Crippen LogP contribution in [-0.2, 0) is 14.2 Å². The second-order valence-electron chi connectivity index (χ2n) is 10.9. The Morgan fingerprint density at radius 2 is 1.86 bits per heavy atom. The maximum atomic E-state index is 13.0. The molecular weight excluding hydrogens is 453 g/mol. The summed E-state index contributed by atoms with van der Waals surface area (Å²) in [6.45, 7) is 6.35. The summed E-state index contributed by atoms with van der Waals surface area (Å²) >= 11 is 0. The van der Waals surface area contributed by atoms with Gasteiger partial charge in [0.1, 0.15) is 5.75 Å². The minimum Gasteiger partial charge on any atom is -0.507 e. The summed E-state index contributed by atoms with van der Waals surface area (Å²) in [6.07, 6.45) is 4.24. The lowest BCUT2D eigenvalue weighted by Gasteiger charge is -2.44. The highest BCUT2D eigenvalue weighted by Crippen LogP contribution is 2.51. The number of phenols is 1. The van der Waals surface area contributed by atoms with Gasteiger partial charge in [-0.15, -0.1) is 0 Å². The molecule has 0 bridgehead atoms. The van der Waals surface area contributed by atoms with Crippen molar-refractivity contribution in [2.45, 2.75) is 52.5 Å². The van der Waals surface area contributed by atoms with E-state index in [-0.39, 0.29) is 41.4 Å². The number of aromatic hydroxyl groups is 1. The van der Waals surface area contributed by atoms with Crippen LogP contribution in [0.4, 0.5) is 0 Å². The third-order valence-electron chi connectivity index (χ3n) is 8.30. The Bertz CT molecular complexity index is 1280. The van der Waals surface area contributed by atoms with Crippen molar-refractivity contribution in [1.29, 1.82) is 0 Å². The highest BCUT2D eigenvalue weighted by atomic mass is 16.5. The molecule has 3 aliphatic rings. The minimum atomic E-state index is -0.949. The highest BCUT2D eigenvalue weighted by Gasteiger charge is 2.56. The zero-order valence-corrected chi connectivity index (χ0v) is 21.4. The van der Waals surface area contributed by atoms with E-state index in [1.54, 1.807) is 13.1 Å². The monoisotopic (exact) mass is 487 g/mol. The van der Waals surface area contributed by atoms with Crippen molar-refractivity contribution in [3.8, 4) is 5.75 Å². The number of carbonyl (C=O) groups is 2. The Morgan fingerprint density at radius 3 is 2.58 bits per heavy atom. The summed E-state index contributed by atoms with van der Waals surface area (Å²) in [4.78, 5) is 27.1. The molecule has 2 heterocycles. The van der Waals surface area contributed by atoms with E-state index in [2.05, 4.69) is 26.8 Å². The van der Waals surface area contributed by atoms with Gasteiger partial charge >= 0.3 is 7.12 Å². The fourth-order valence-corrected chi connectivity index (χ4v) is 6.54. The molecule has 0 unspecified atom stereocenters. The molecule has 188 valence electrons. The molecule has 2 aromatic rings. The van der Waals surface area contributed by atoms with E-state index in [0.717, 1.165) is 28.3 Å². The summed E-state index contributed by atoms with van der Waals surface area (Å²) in [6, 6.07) is 11.5. The number of carbonyl (C=O) groups excluding carboxylic acids is 2. The second-order valence-corrected chi connectivity index (χ2v) is 10.9. The quantitative estimate of drug-likeness (QED) is 0.359. The molecule has 0 spiro atoms. The largest absolute Gasteiger partial charge is 0.507 e. The van der Waals surface area contributed by atoms with Crippen LogP contribution in [0, 0.1) is 23.7 Å². The van der Waals surface area contributed by atoms with E-state index in [4.69, 9.17) is 4.65 Å². The number of allylic oxidation sites excluding steroid dienone is 2. The molecule has 36 heavy (non-hydrogen) atoms. The van der Waals surface area contributed by atoms with Crippen molar-refractivity contribution in [2.24, 2.45) is 23.7 Å². The first-order valence-corrected chi connectivity index (χ1v) is 12.9. The number of hydrogen-bond acceptors (Lipinski definition) is 5. The number of nitrogens with zero attached hydrogens (tertiary/aromatic N) is 1. The molecule has 1 aliphatic carbocycles. The second kappa shape index (κ2) is 9.53. The molecule has 0 radical (unpaired) electrons. The van der Waals surface area contributed by atoms with Gasteiger partial charge in [-0.05, 0) is 66.9 Å². The van der Waals surface area contributed by atoms with Crippen LogP contribution in [0.2, 0.25) is 6.32 Å². The molecule has 5 rings (SSSR count). The number of hydrogen-bond donors (Lipinski definition) is 2. The van der Waals surface area contributed by atoms with Gasteiger partial charge in [-0.1, -0.05) is 61.4 Å². The number of likely N-dealkylation sites (tertiary alicyclic amines) is 1. The zero-order chi connectivity index (χ0) is 25.7. The standard InChI is InChI=1S/C29H34BNO5/c1-16(2)21-14-22-27(29(34)31(4)28(22)33)23-15-30(35)36-25(26(21)23)12-9-17(3)13-18-10-11-24(32)20-8-6-5-7-19(18)20/h5-8,10-11,13,16,22-23,25,27,32,35H,9,12,14-15H2,1-4H3/b17-13+/t22-,23+,25-,27-/m1/s1. The molecule has 0 aromatic heterocycles. The smallest absolute Gasteiger partial charge is 0.455 e. The first-order valence-electron chi connectivity index (χ1n) is 12.9. The van der Waals surface area contributed by atoms with Crippen LogP contribution in [0.3, 0.4) is 0 Å². The van der Waals surface area contributed by atoms with Gasteiger partial charge in [0.25, 0.3) is 0 Å².